The first-order valence-electron chi connectivity index (χ1n) is 12.1. The van der Waals surface area contributed by atoms with Gasteiger partial charge in [0.2, 0.25) is 11.8 Å². The fourth-order valence-electron chi connectivity index (χ4n) is 4.45. The molecule has 5 heterocycles. The molecule has 0 bridgehead atoms. The minimum absolute atomic E-state index is 0.102. The summed E-state index contributed by atoms with van der Waals surface area (Å²) in [6.07, 6.45) is 8.43. The summed E-state index contributed by atoms with van der Waals surface area (Å²) in [4.78, 5) is 35.7. The van der Waals surface area contributed by atoms with Gasteiger partial charge in [0, 0.05) is 30.3 Å². The monoisotopic (exact) mass is 495 g/mol. The van der Waals surface area contributed by atoms with Gasteiger partial charge < -0.3 is 15.4 Å². The number of nitrogens with zero attached hydrogens (tertiary/aromatic N) is 7. The molecule has 2 N–H and O–H groups in total. The lowest BCUT2D eigenvalue weighted by atomic mass is 10.1. The predicted molar refractivity (Wildman–Crippen MR) is 140 cm³/mol. The molecule has 0 amide bonds. The molecule has 0 spiro atoms. The smallest absolute Gasteiger partial charge is 0.278 e. The lowest BCUT2D eigenvalue weighted by Gasteiger charge is -2.23. The summed E-state index contributed by atoms with van der Waals surface area (Å²) in [5.74, 6) is 1.36. The molecule has 5 aromatic rings. The van der Waals surface area contributed by atoms with Crippen molar-refractivity contribution >= 4 is 33.7 Å². The number of fused-ring (bicyclic) bond motifs is 2. The van der Waals surface area contributed by atoms with Gasteiger partial charge >= 0.3 is 0 Å². The molecule has 1 saturated heterocycles. The molecule has 0 unspecified atom stereocenters. The van der Waals surface area contributed by atoms with E-state index >= 15 is 0 Å². The van der Waals surface area contributed by atoms with E-state index in [2.05, 4.69) is 32.2 Å². The minimum atomic E-state index is -0.228. The second-order valence-electron chi connectivity index (χ2n) is 8.70. The number of anilines is 2. The molecular weight excluding hydrogens is 470 g/mol. The number of aromatic nitrogens is 7. The molecule has 11 heteroatoms. The van der Waals surface area contributed by atoms with E-state index in [1.54, 1.807) is 27.8 Å². The van der Waals surface area contributed by atoms with E-state index in [1.165, 1.54) is 6.20 Å². The predicted octanol–water partition coefficient (Wildman–Crippen LogP) is 2.98. The Morgan fingerprint density at radius 3 is 2.76 bits per heavy atom. The average molecular weight is 496 g/mol. The number of ether oxygens (including phenoxy) is 1. The maximum Gasteiger partial charge on any atom is 0.278 e. The summed E-state index contributed by atoms with van der Waals surface area (Å²) in [5, 5.41) is 6.92. The van der Waals surface area contributed by atoms with Crippen LogP contribution in [0, 0.1) is 0 Å². The maximum atomic E-state index is 13.2. The first-order chi connectivity index (χ1) is 18.2. The highest BCUT2D eigenvalue weighted by molar-refractivity contribution is 5.80. The fourth-order valence-corrected chi connectivity index (χ4v) is 4.45. The van der Waals surface area contributed by atoms with Crippen LogP contribution >= 0.6 is 0 Å². The molecule has 1 aliphatic heterocycles. The van der Waals surface area contributed by atoms with Crippen molar-refractivity contribution < 1.29 is 4.74 Å². The van der Waals surface area contributed by atoms with Crippen molar-refractivity contribution in [3.8, 4) is 11.7 Å². The van der Waals surface area contributed by atoms with Crippen molar-refractivity contribution in [2.45, 2.75) is 25.5 Å². The number of pyridine rings is 1. The summed E-state index contributed by atoms with van der Waals surface area (Å²) >= 11 is 0. The van der Waals surface area contributed by atoms with Crippen LogP contribution in [0.1, 0.15) is 12.8 Å². The van der Waals surface area contributed by atoms with Gasteiger partial charge in [-0.3, -0.25) is 14.8 Å². The molecule has 186 valence electrons. The highest BCUT2D eigenvalue weighted by Crippen LogP contribution is 2.22. The molecule has 0 radical (unpaired) electrons. The van der Waals surface area contributed by atoms with Crippen molar-refractivity contribution in [1.82, 2.24) is 39.6 Å². The van der Waals surface area contributed by atoms with Crippen LogP contribution in [0.4, 0.5) is 11.6 Å². The molecule has 11 nitrogen and oxygen atoms in total. The van der Waals surface area contributed by atoms with Gasteiger partial charge in [0.1, 0.15) is 11.5 Å². The first kappa shape index (κ1) is 22.8. The highest BCUT2D eigenvalue weighted by atomic mass is 16.5. The van der Waals surface area contributed by atoms with Gasteiger partial charge in [0.05, 0.1) is 17.6 Å². The third-order valence-electron chi connectivity index (χ3n) is 6.20. The van der Waals surface area contributed by atoms with Gasteiger partial charge in [0.15, 0.2) is 11.5 Å². The summed E-state index contributed by atoms with van der Waals surface area (Å²) in [6, 6.07) is 11.1. The summed E-state index contributed by atoms with van der Waals surface area (Å²) < 4.78 is 9.37. The van der Waals surface area contributed by atoms with Crippen LogP contribution in [-0.2, 0) is 6.54 Å². The Balaban J connectivity index is 1.40. The molecule has 1 aliphatic rings. The van der Waals surface area contributed by atoms with E-state index in [0.717, 1.165) is 42.7 Å². The molecule has 37 heavy (non-hydrogen) atoms. The van der Waals surface area contributed by atoms with Crippen LogP contribution in [0.25, 0.3) is 27.9 Å². The SMILES string of the molecule is C=CCn1c(=O)c2cnc(Nc3ccc4nccnc4c3)nc2n1-c1cccc(OC2CCNCC2)n1. The van der Waals surface area contributed by atoms with E-state index in [9.17, 15) is 4.79 Å². The Labute approximate surface area is 211 Å². The molecule has 1 fully saturated rings. The Bertz CT molecular complexity index is 1650. The number of rotatable bonds is 7. The molecule has 6 rings (SSSR count). The molecule has 0 saturated carbocycles. The summed E-state index contributed by atoms with van der Waals surface area (Å²) in [6.45, 7) is 5.93. The van der Waals surface area contributed by atoms with E-state index in [1.807, 2.05) is 36.4 Å². The zero-order valence-corrected chi connectivity index (χ0v) is 20.0. The fraction of sp³-hybridized carbons (Fsp3) is 0.231. The van der Waals surface area contributed by atoms with Crippen molar-refractivity contribution in [2.75, 3.05) is 18.4 Å². The third-order valence-corrected chi connectivity index (χ3v) is 6.20. The van der Waals surface area contributed by atoms with E-state index in [4.69, 9.17) is 14.7 Å². The average Bonchev–Trinajstić information content (AvgIpc) is 3.20. The standard InChI is InChI=1S/C26H25N9O2/c1-2-14-34-25(36)19-16-30-26(31-17-6-7-20-21(15-17)29-13-12-28-20)33-24(19)35(34)22-4-3-5-23(32-22)37-18-8-10-27-11-9-18/h2-7,12-13,15-16,18,27H,1,8-11,14H2,(H,30,31,33). The van der Waals surface area contributed by atoms with Crippen LogP contribution in [-0.4, -0.2) is 53.5 Å². The molecule has 1 aromatic carbocycles. The van der Waals surface area contributed by atoms with Crippen LogP contribution in [0.5, 0.6) is 5.88 Å². The molecule has 0 aliphatic carbocycles. The van der Waals surface area contributed by atoms with Gasteiger partial charge in [-0.1, -0.05) is 12.1 Å². The van der Waals surface area contributed by atoms with E-state index in [0.29, 0.717) is 28.7 Å². The van der Waals surface area contributed by atoms with Gasteiger partial charge in [-0.05, 0) is 50.2 Å². The topological polar surface area (TPSA) is 125 Å². The van der Waals surface area contributed by atoms with Crippen molar-refractivity contribution in [3.63, 3.8) is 0 Å². The number of hydrogen-bond donors (Lipinski definition) is 2. The third kappa shape index (κ3) is 4.52. The van der Waals surface area contributed by atoms with Crippen LogP contribution in [0.2, 0.25) is 0 Å². The number of hydrogen-bond acceptors (Lipinski definition) is 9. The van der Waals surface area contributed by atoms with Gasteiger partial charge in [0.25, 0.3) is 5.56 Å². The number of benzene rings is 1. The molecular formula is C26H25N9O2. The normalized spacial score (nSPS) is 14.2. The second-order valence-corrected chi connectivity index (χ2v) is 8.70. The van der Waals surface area contributed by atoms with Crippen LogP contribution < -0.4 is 20.9 Å². The Kier molecular flexibility index (Phi) is 6.03. The first-order valence-corrected chi connectivity index (χ1v) is 12.1. The van der Waals surface area contributed by atoms with Crippen molar-refractivity contribution in [2.24, 2.45) is 0 Å². The maximum absolute atomic E-state index is 13.2. The minimum Gasteiger partial charge on any atom is -0.474 e. The van der Waals surface area contributed by atoms with Crippen LogP contribution in [0.15, 0.2) is 72.4 Å². The Morgan fingerprint density at radius 1 is 1.08 bits per heavy atom. The van der Waals surface area contributed by atoms with Gasteiger partial charge in [-0.15, -0.1) is 6.58 Å². The largest absolute Gasteiger partial charge is 0.474 e. The van der Waals surface area contributed by atoms with Crippen molar-refractivity contribution in [1.29, 1.82) is 0 Å². The molecule has 4 aromatic heterocycles. The number of piperidine rings is 1. The van der Waals surface area contributed by atoms with E-state index in [-0.39, 0.29) is 18.2 Å². The Hall–Kier alpha value is -4.64. The number of allylic oxidation sites excluding steroid dienone is 1. The second kappa shape index (κ2) is 9.78. The van der Waals surface area contributed by atoms with Crippen molar-refractivity contribution in [3.05, 3.63) is 78.0 Å². The quantitative estimate of drug-likeness (QED) is 0.328. The number of nitrogens with one attached hydrogen (secondary N) is 2. The van der Waals surface area contributed by atoms with Gasteiger partial charge in [-0.2, -0.15) is 9.97 Å². The lowest BCUT2D eigenvalue weighted by Crippen LogP contribution is -2.34. The lowest BCUT2D eigenvalue weighted by molar-refractivity contribution is 0.156. The molecule has 0 atom stereocenters. The Morgan fingerprint density at radius 2 is 1.92 bits per heavy atom. The summed E-state index contributed by atoms with van der Waals surface area (Å²) in [5.41, 5.74) is 2.49. The zero-order chi connectivity index (χ0) is 25.2. The van der Waals surface area contributed by atoms with Crippen LogP contribution in [0.3, 0.4) is 0 Å². The van der Waals surface area contributed by atoms with Gasteiger partial charge in [-0.25, -0.2) is 14.3 Å². The van der Waals surface area contributed by atoms with E-state index < -0.39 is 0 Å². The summed E-state index contributed by atoms with van der Waals surface area (Å²) in [7, 11) is 0. The highest BCUT2D eigenvalue weighted by Gasteiger charge is 2.20. The zero-order valence-electron chi connectivity index (χ0n) is 20.0.